The first-order chi connectivity index (χ1) is 17.4. The molecule has 0 unspecified atom stereocenters. The molecule has 1 atom stereocenters. The summed E-state index contributed by atoms with van der Waals surface area (Å²) in [5.41, 5.74) is 3.39. The third kappa shape index (κ3) is 6.00. The minimum atomic E-state index is -0.803. The highest BCUT2D eigenvalue weighted by molar-refractivity contribution is 6.30. The van der Waals surface area contributed by atoms with Crippen molar-refractivity contribution in [2.24, 2.45) is 5.10 Å². The fourth-order valence-corrected chi connectivity index (χ4v) is 3.53. The molecule has 0 radical (unpaired) electrons. The van der Waals surface area contributed by atoms with Gasteiger partial charge in [0.15, 0.2) is 6.10 Å². The maximum Gasteiger partial charge on any atom is 0.343 e. The van der Waals surface area contributed by atoms with Crippen LogP contribution in [0.1, 0.15) is 22.8 Å². The summed E-state index contributed by atoms with van der Waals surface area (Å²) in [6, 6.07) is 24.5. The normalized spacial score (nSPS) is 11.8. The van der Waals surface area contributed by atoms with Crippen LogP contribution in [-0.2, 0) is 4.79 Å². The number of rotatable bonds is 8. The number of hydrogen-bond donors (Lipinski definition) is 1. The van der Waals surface area contributed by atoms with E-state index in [0.717, 1.165) is 10.8 Å². The lowest BCUT2D eigenvalue weighted by Crippen LogP contribution is -2.33. The first-order valence-electron chi connectivity index (χ1n) is 11.1. The van der Waals surface area contributed by atoms with Crippen LogP contribution in [-0.4, -0.2) is 31.3 Å². The first kappa shape index (κ1) is 24.8. The highest BCUT2D eigenvalue weighted by Crippen LogP contribution is 2.27. The molecular weight excluding hydrogens is 480 g/mol. The number of nitrogens with one attached hydrogen (secondary N) is 1. The third-order valence-electron chi connectivity index (χ3n) is 5.32. The maximum atomic E-state index is 12.8. The predicted octanol–water partition coefficient (Wildman–Crippen LogP) is 5.64. The van der Waals surface area contributed by atoms with E-state index >= 15 is 0 Å². The molecule has 182 valence electrons. The largest absolute Gasteiger partial charge is 0.497 e. The van der Waals surface area contributed by atoms with Crippen molar-refractivity contribution in [1.82, 2.24) is 5.43 Å². The van der Waals surface area contributed by atoms with E-state index in [1.807, 2.05) is 30.3 Å². The highest BCUT2D eigenvalue weighted by Gasteiger charge is 2.16. The van der Waals surface area contributed by atoms with Crippen molar-refractivity contribution < 1.29 is 23.8 Å². The van der Waals surface area contributed by atoms with Gasteiger partial charge in [-0.25, -0.2) is 10.2 Å². The second kappa shape index (κ2) is 11.4. The van der Waals surface area contributed by atoms with Gasteiger partial charge in [-0.1, -0.05) is 41.9 Å². The van der Waals surface area contributed by atoms with Gasteiger partial charge in [0, 0.05) is 10.6 Å². The average Bonchev–Trinajstić information content (AvgIpc) is 2.90. The molecule has 36 heavy (non-hydrogen) atoms. The van der Waals surface area contributed by atoms with Crippen molar-refractivity contribution in [2.45, 2.75) is 13.0 Å². The Morgan fingerprint density at radius 1 is 0.917 bits per heavy atom. The van der Waals surface area contributed by atoms with E-state index in [1.54, 1.807) is 68.6 Å². The Balaban J connectivity index is 1.52. The van der Waals surface area contributed by atoms with Gasteiger partial charge in [0.25, 0.3) is 5.91 Å². The molecule has 0 aromatic heterocycles. The Bertz CT molecular complexity index is 1400. The van der Waals surface area contributed by atoms with Crippen LogP contribution in [0.5, 0.6) is 17.2 Å². The van der Waals surface area contributed by atoms with Crippen molar-refractivity contribution in [3.05, 3.63) is 101 Å². The second-order valence-electron chi connectivity index (χ2n) is 7.76. The van der Waals surface area contributed by atoms with Crippen LogP contribution in [0, 0.1) is 0 Å². The number of fused-ring (bicyclic) bond motifs is 1. The van der Waals surface area contributed by atoms with Crippen LogP contribution in [0.25, 0.3) is 10.8 Å². The molecule has 0 saturated carbocycles. The van der Waals surface area contributed by atoms with Gasteiger partial charge in [-0.3, -0.25) is 4.79 Å². The standard InChI is InChI=1S/C28H23ClN2O5/c1-18(35-23-14-10-21(29)11-15-23)27(32)31-30-17-25-24-6-4-3-5-19(24)9-16-26(25)36-28(33)20-7-12-22(34-2)13-8-20/h3-18H,1-2H3,(H,31,32)/b30-17-/t18-/m1/s1. The van der Waals surface area contributed by atoms with Gasteiger partial charge < -0.3 is 14.2 Å². The molecule has 0 aliphatic rings. The van der Waals surface area contributed by atoms with E-state index in [-0.39, 0.29) is 0 Å². The molecule has 0 saturated heterocycles. The van der Waals surface area contributed by atoms with E-state index in [4.69, 9.17) is 25.8 Å². The number of esters is 1. The summed E-state index contributed by atoms with van der Waals surface area (Å²) in [6.07, 6.45) is 0.648. The Kier molecular flexibility index (Phi) is 7.82. The van der Waals surface area contributed by atoms with Gasteiger partial charge in [0.2, 0.25) is 0 Å². The minimum absolute atomic E-state index is 0.304. The Morgan fingerprint density at radius 2 is 1.61 bits per heavy atom. The third-order valence-corrected chi connectivity index (χ3v) is 5.58. The molecule has 0 aliphatic heterocycles. The van der Waals surface area contributed by atoms with E-state index < -0.39 is 18.0 Å². The number of amides is 1. The van der Waals surface area contributed by atoms with Crippen LogP contribution >= 0.6 is 11.6 Å². The van der Waals surface area contributed by atoms with E-state index in [2.05, 4.69) is 10.5 Å². The maximum absolute atomic E-state index is 12.8. The van der Waals surface area contributed by atoms with Crippen LogP contribution < -0.4 is 19.6 Å². The van der Waals surface area contributed by atoms with Crippen molar-refractivity contribution in [3.63, 3.8) is 0 Å². The summed E-state index contributed by atoms with van der Waals surface area (Å²) in [6.45, 7) is 1.61. The number of ether oxygens (including phenoxy) is 3. The lowest BCUT2D eigenvalue weighted by Gasteiger charge is -2.13. The van der Waals surface area contributed by atoms with Crippen LogP contribution in [0.15, 0.2) is 90.0 Å². The van der Waals surface area contributed by atoms with Crippen molar-refractivity contribution in [2.75, 3.05) is 7.11 Å². The Labute approximate surface area is 213 Å². The lowest BCUT2D eigenvalue weighted by molar-refractivity contribution is -0.127. The number of hydrazone groups is 1. The number of methoxy groups -OCH3 is 1. The lowest BCUT2D eigenvalue weighted by atomic mass is 10.0. The molecule has 7 nitrogen and oxygen atoms in total. The molecule has 4 aromatic rings. The van der Waals surface area contributed by atoms with Crippen LogP contribution in [0.3, 0.4) is 0 Å². The van der Waals surface area contributed by atoms with E-state index in [0.29, 0.717) is 33.4 Å². The predicted molar refractivity (Wildman–Crippen MR) is 139 cm³/mol. The van der Waals surface area contributed by atoms with Crippen LogP contribution in [0.2, 0.25) is 5.02 Å². The number of carbonyl (C=O) groups is 2. The first-order valence-corrected chi connectivity index (χ1v) is 11.5. The summed E-state index contributed by atoms with van der Waals surface area (Å²) in [4.78, 5) is 25.3. The zero-order chi connectivity index (χ0) is 25.5. The molecule has 0 bridgehead atoms. The van der Waals surface area contributed by atoms with Gasteiger partial charge >= 0.3 is 5.97 Å². The van der Waals surface area contributed by atoms with Gasteiger partial charge in [0.05, 0.1) is 18.9 Å². The quantitative estimate of drug-likeness (QED) is 0.146. The molecule has 1 N–H and O–H groups in total. The van der Waals surface area contributed by atoms with Gasteiger partial charge in [-0.05, 0) is 72.3 Å². The molecule has 0 aliphatic carbocycles. The Morgan fingerprint density at radius 3 is 2.33 bits per heavy atom. The molecule has 0 fully saturated rings. The fraction of sp³-hybridized carbons (Fsp3) is 0.107. The van der Waals surface area contributed by atoms with Gasteiger partial charge in [-0.2, -0.15) is 5.10 Å². The Hall–Kier alpha value is -4.36. The number of halogens is 1. The monoisotopic (exact) mass is 502 g/mol. The molecular formula is C28H23ClN2O5. The van der Waals surface area contributed by atoms with Crippen LogP contribution in [0.4, 0.5) is 0 Å². The highest BCUT2D eigenvalue weighted by atomic mass is 35.5. The average molecular weight is 503 g/mol. The summed E-state index contributed by atoms with van der Waals surface area (Å²) >= 11 is 5.88. The molecule has 4 aromatic carbocycles. The molecule has 4 rings (SSSR count). The van der Waals surface area contributed by atoms with Gasteiger partial charge in [-0.15, -0.1) is 0 Å². The molecule has 1 amide bonds. The smallest absolute Gasteiger partial charge is 0.343 e. The van der Waals surface area contributed by atoms with Crippen molar-refractivity contribution in [3.8, 4) is 17.2 Å². The molecule has 0 heterocycles. The van der Waals surface area contributed by atoms with E-state index in [1.165, 1.54) is 6.21 Å². The number of hydrogen-bond acceptors (Lipinski definition) is 6. The minimum Gasteiger partial charge on any atom is -0.497 e. The number of nitrogens with zero attached hydrogens (tertiary/aromatic N) is 1. The summed E-state index contributed by atoms with van der Waals surface area (Å²) < 4.78 is 16.4. The van der Waals surface area contributed by atoms with Crippen molar-refractivity contribution >= 4 is 40.5 Å². The molecule has 0 spiro atoms. The topological polar surface area (TPSA) is 86.2 Å². The summed E-state index contributed by atoms with van der Waals surface area (Å²) in [5.74, 6) is 0.468. The summed E-state index contributed by atoms with van der Waals surface area (Å²) in [7, 11) is 1.55. The van der Waals surface area contributed by atoms with Crippen molar-refractivity contribution in [1.29, 1.82) is 0 Å². The zero-order valence-corrected chi connectivity index (χ0v) is 20.4. The van der Waals surface area contributed by atoms with E-state index in [9.17, 15) is 9.59 Å². The SMILES string of the molecule is COc1ccc(C(=O)Oc2ccc3ccccc3c2/C=N\NC(=O)[C@@H](C)Oc2ccc(Cl)cc2)cc1. The van der Waals surface area contributed by atoms with Gasteiger partial charge in [0.1, 0.15) is 17.2 Å². The number of benzene rings is 4. The zero-order valence-electron chi connectivity index (χ0n) is 19.6. The second-order valence-corrected chi connectivity index (χ2v) is 8.20. The molecule has 8 heteroatoms. The fourth-order valence-electron chi connectivity index (χ4n) is 3.41. The summed E-state index contributed by atoms with van der Waals surface area (Å²) in [5, 5.41) is 6.40. The number of carbonyl (C=O) groups excluding carboxylic acids is 2.